The van der Waals surface area contributed by atoms with Gasteiger partial charge in [-0.2, -0.15) is 0 Å². The number of hydrogen-bond donors (Lipinski definition) is 1. The first kappa shape index (κ1) is 14.8. The van der Waals surface area contributed by atoms with Crippen molar-refractivity contribution in [3.63, 3.8) is 0 Å². The first-order valence-electron chi connectivity index (χ1n) is 6.63. The Morgan fingerprint density at radius 2 is 1.90 bits per heavy atom. The first-order chi connectivity index (χ1) is 10.0. The predicted molar refractivity (Wildman–Crippen MR) is 77.6 cm³/mol. The van der Waals surface area contributed by atoms with Crippen LogP contribution in [0.15, 0.2) is 36.4 Å². The Hall–Kier alpha value is -2.56. The summed E-state index contributed by atoms with van der Waals surface area (Å²) in [6.07, 6.45) is -0.871. The van der Waals surface area contributed by atoms with Crippen LogP contribution in [0.2, 0.25) is 0 Å². The summed E-state index contributed by atoms with van der Waals surface area (Å²) in [6, 6.07) is 10.4. The molecule has 2 rings (SSSR count). The van der Waals surface area contributed by atoms with E-state index in [2.05, 4.69) is 0 Å². The largest absolute Gasteiger partial charge is 0.478 e. The molecule has 0 aliphatic carbocycles. The second-order valence-electron chi connectivity index (χ2n) is 4.48. The number of hydrogen-bond acceptors (Lipinski definition) is 4. The lowest BCUT2D eigenvalue weighted by Gasteiger charge is -2.16. The monoisotopic (exact) mass is 288 g/mol. The molecule has 0 aromatic heterocycles. The Labute approximate surface area is 122 Å². The van der Waals surface area contributed by atoms with Gasteiger partial charge in [-0.1, -0.05) is 30.3 Å². The molecule has 110 valence electrons. The third-order valence-corrected chi connectivity index (χ3v) is 3.03. The van der Waals surface area contributed by atoms with Crippen LogP contribution >= 0.6 is 0 Å². The summed E-state index contributed by atoms with van der Waals surface area (Å²) in [5.41, 5.74) is 0.0456. The Morgan fingerprint density at radius 1 is 1.19 bits per heavy atom. The van der Waals surface area contributed by atoms with Crippen molar-refractivity contribution in [2.75, 3.05) is 6.61 Å². The normalized spacial score (nSPS) is 11.9. The van der Waals surface area contributed by atoms with Crippen LogP contribution in [0.3, 0.4) is 0 Å². The number of esters is 1. The number of ether oxygens (including phenoxy) is 2. The minimum absolute atomic E-state index is 0.0456. The molecule has 5 nitrogen and oxygen atoms in total. The van der Waals surface area contributed by atoms with Gasteiger partial charge in [-0.15, -0.1) is 0 Å². The molecule has 0 aliphatic heterocycles. The molecule has 0 spiro atoms. The van der Waals surface area contributed by atoms with Crippen LogP contribution in [0.25, 0.3) is 10.8 Å². The van der Waals surface area contributed by atoms with Crippen molar-refractivity contribution in [3.05, 3.63) is 42.0 Å². The molecule has 2 aromatic carbocycles. The van der Waals surface area contributed by atoms with Crippen LogP contribution in [-0.4, -0.2) is 29.8 Å². The second-order valence-corrected chi connectivity index (χ2v) is 4.48. The van der Waals surface area contributed by atoms with Gasteiger partial charge in [0.25, 0.3) is 0 Å². The number of carbonyl (C=O) groups is 2. The number of benzene rings is 2. The zero-order valence-electron chi connectivity index (χ0n) is 11.8. The molecular weight excluding hydrogens is 272 g/mol. The van der Waals surface area contributed by atoms with E-state index in [9.17, 15) is 14.7 Å². The fraction of sp³-hybridized carbons (Fsp3) is 0.250. The summed E-state index contributed by atoms with van der Waals surface area (Å²) < 4.78 is 10.3. The van der Waals surface area contributed by atoms with Crippen LogP contribution in [0.4, 0.5) is 0 Å². The molecule has 0 aliphatic rings. The third kappa shape index (κ3) is 3.13. The molecule has 1 unspecified atom stereocenters. The van der Waals surface area contributed by atoms with Crippen LogP contribution < -0.4 is 4.74 Å². The van der Waals surface area contributed by atoms with Gasteiger partial charge < -0.3 is 14.6 Å². The summed E-state index contributed by atoms with van der Waals surface area (Å²) >= 11 is 0. The van der Waals surface area contributed by atoms with Crippen LogP contribution in [0, 0.1) is 0 Å². The first-order valence-corrected chi connectivity index (χ1v) is 6.63. The quantitative estimate of drug-likeness (QED) is 0.856. The molecule has 0 fully saturated rings. The van der Waals surface area contributed by atoms with E-state index < -0.39 is 18.0 Å². The minimum Gasteiger partial charge on any atom is -0.478 e. The number of carboxylic acid groups (broad SMARTS) is 1. The smallest absolute Gasteiger partial charge is 0.347 e. The summed E-state index contributed by atoms with van der Waals surface area (Å²) in [4.78, 5) is 23.1. The highest BCUT2D eigenvalue weighted by Gasteiger charge is 2.21. The van der Waals surface area contributed by atoms with E-state index in [0.717, 1.165) is 5.39 Å². The fourth-order valence-corrected chi connectivity index (χ4v) is 2.07. The SMILES string of the molecule is CCOC(=O)C(C)Oc1ccc2ccccc2c1C(=O)O. The van der Waals surface area contributed by atoms with Gasteiger partial charge in [0.05, 0.1) is 6.61 Å². The van der Waals surface area contributed by atoms with Crippen molar-refractivity contribution in [3.8, 4) is 5.75 Å². The molecule has 2 aromatic rings. The highest BCUT2D eigenvalue weighted by Crippen LogP contribution is 2.29. The number of aromatic carboxylic acids is 1. The fourth-order valence-electron chi connectivity index (χ4n) is 2.07. The van der Waals surface area contributed by atoms with Crippen LogP contribution in [-0.2, 0) is 9.53 Å². The highest BCUT2D eigenvalue weighted by atomic mass is 16.6. The van der Waals surface area contributed by atoms with E-state index in [1.165, 1.54) is 6.92 Å². The second kappa shape index (κ2) is 6.26. The van der Waals surface area contributed by atoms with Crippen molar-refractivity contribution >= 4 is 22.7 Å². The van der Waals surface area contributed by atoms with Gasteiger partial charge in [0.15, 0.2) is 6.10 Å². The standard InChI is InChI=1S/C16H16O5/c1-3-20-16(19)10(2)21-13-9-8-11-6-4-5-7-12(11)14(13)15(17)18/h4-10H,3H2,1-2H3,(H,17,18). The van der Waals surface area contributed by atoms with E-state index in [0.29, 0.717) is 5.39 Å². The Bertz CT molecular complexity index is 677. The molecule has 0 radical (unpaired) electrons. The van der Waals surface area contributed by atoms with Gasteiger partial charge in [0.2, 0.25) is 0 Å². The van der Waals surface area contributed by atoms with E-state index in [1.54, 1.807) is 31.2 Å². The number of rotatable bonds is 5. The van der Waals surface area contributed by atoms with Gasteiger partial charge >= 0.3 is 11.9 Å². The number of fused-ring (bicyclic) bond motifs is 1. The van der Waals surface area contributed by atoms with Crippen LogP contribution in [0.5, 0.6) is 5.75 Å². The van der Waals surface area contributed by atoms with Crippen molar-refractivity contribution in [2.24, 2.45) is 0 Å². The molecule has 0 heterocycles. The van der Waals surface area contributed by atoms with E-state index in [4.69, 9.17) is 9.47 Å². The maximum atomic E-state index is 11.6. The van der Waals surface area contributed by atoms with Gasteiger partial charge in [-0.05, 0) is 30.7 Å². The average Bonchev–Trinajstić information content (AvgIpc) is 2.46. The molecule has 1 N–H and O–H groups in total. The summed E-state index contributed by atoms with van der Waals surface area (Å²) in [5, 5.41) is 10.8. The van der Waals surface area contributed by atoms with Crippen molar-refractivity contribution in [2.45, 2.75) is 20.0 Å². The van der Waals surface area contributed by atoms with Crippen LogP contribution in [0.1, 0.15) is 24.2 Å². The minimum atomic E-state index is -1.10. The molecule has 21 heavy (non-hydrogen) atoms. The van der Waals surface area contributed by atoms with Crippen molar-refractivity contribution < 1.29 is 24.2 Å². The van der Waals surface area contributed by atoms with E-state index in [-0.39, 0.29) is 17.9 Å². The lowest BCUT2D eigenvalue weighted by molar-refractivity contribution is -0.150. The molecule has 5 heteroatoms. The van der Waals surface area contributed by atoms with Crippen molar-refractivity contribution in [1.29, 1.82) is 0 Å². The lowest BCUT2D eigenvalue weighted by Crippen LogP contribution is -2.26. The Kier molecular flexibility index (Phi) is 4.42. The van der Waals surface area contributed by atoms with E-state index in [1.807, 2.05) is 12.1 Å². The molecule has 1 atom stereocenters. The zero-order valence-corrected chi connectivity index (χ0v) is 11.8. The van der Waals surface area contributed by atoms with Gasteiger partial charge in [-0.25, -0.2) is 9.59 Å². The summed E-state index contributed by atoms with van der Waals surface area (Å²) in [6.45, 7) is 3.47. The van der Waals surface area contributed by atoms with Gasteiger partial charge in [0, 0.05) is 0 Å². The summed E-state index contributed by atoms with van der Waals surface area (Å²) in [7, 11) is 0. The number of carbonyl (C=O) groups excluding carboxylic acids is 1. The van der Waals surface area contributed by atoms with Gasteiger partial charge in [0.1, 0.15) is 11.3 Å². The molecule has 0 amide bonds. The molecular formula is C16H16O5. The average molecular weight is 288 g/mol. The topological polar surface area (TPSA) is 72.8 Å². The highest BCUT2D eigenvalue weighted by molar-refractivity contribution is 6.06. The van der Waals surface area contributed by atoms with Crippen molar-refractivity contribution in [1.82, 2.24) is 0 Å². The number of carboxylic acids is 1. The van der Waals surface area contributed by atoms with Gasteiger partial charge in [-0.3, -0.25) is 0 Å². The maximum Gasteiger partial charge on any atom is 0.347 e. The zero-order chi connectivity index (χ0) is 15.4. The lowest BCUT2D eigenvalue weighted by atomic mass is 10.0. The Morgan fingerprint density at radius 3 is 2.57 bits per heavy atom. The van der Waals surface area contributed by atoms with E-state index >= 15 is 0 Å². The third-order valence-electron chi connectivity index (χ3n) is 3.03. The predicted octanol–water partition coefficient (Wildman–Crippen LogP) is 2.87. The summed E-state index contributed by atoms with van der Waals surface area (Å²) in [5.74, 6) is -1.47. The molecule has 0 bridgehead atoms. The molecule has 0 saturated carbocycles. The maximum absolute atomic E-state index is 11.6. The molecule has 0 saturated heterocycles. The Balaban J connectivity index is 2.42.